The van der Waals surface area contributed by atoms with E-state index in [-0.39, 0.29) is 6.10 Å². The lowest BCUT2D eigenvalue weighted by molar-refractivity contribution is 0.108. The molecule has 21 heavy (non-hydrogen) atoms. The summed E-state index contributed by atoms with van der Waals surface area (Å²) in [6.07, 6.45) is 5.37. The molecule has 3 nitrogen and oxygen atoms in total. The lowest BCUT2D eigenvalue weighted by atomic mass is 10.0. The van der Waals surface area contributed by atoms with Gasteiger partial charge in [0.25, 0.3) is 0 Å². The van der Waals surface area contributed by atoms with Crippen molar-refractivity contribution in [3.8, 4) is 6.07 Å². The summed E-state index contributed by atoms with van der Waals surface area (Å²) >= 11 is 6.29. The minimum Gasteiger partial charge on any atom is -0.393 e. The van der Waals surface area contributed by atoms with E-state index in [2.05, 4.69) is 11.0 Å². The first-order chi connectivity index (χ1) is 10.1. The number of benzene rings is 1. The van der Waals surface area contributed by atoms with E-state index in [1.54, 1.807) is 6.07 Å². The summed E-state index contributed by atoms with van der Waals surface area (Å²) in [6, 6.07) is 8.03. The quantitative estimate of drug-likeness (QED) is 0.922. The molecule has 1 aliphatic heterocycles. The predicted octanol–water partition coefficient (Wildman–Crippen LogP) is 3.73. The van der Waals surface area contributed by atoms with Crippen LogP contribution in [0, 0.1) is 11.3 Å². The van der Waals surface area contributed by atoms with Crippen molar-refractivity contribution in [2.24, 2.45) is 0 Å². The third kappa shape index (κ3) is 4.71. The first-order valence-corrected chi connectivity index (χ1v) is 8.08. The Morgan fingerprint density at radius 2 is 2.24 bits per heavy atom. The Hall–Kier alpha value is -1.08. The summed E-state index contributed by atoms with van der Waals surface area (Å²) in [5.74, 6) is 0. The molecule has 2 atom stereocenters. The molecule has 0 amide bonds. The summed E-state index contributed by atoms with van der Waals surface area (Å²) in [7, 11) is 0. The Bertz CT molecular complexity index is 510. The smallest absolute Gasteiger partial charge is 0.0992 e. The van der Waals surface area contributed by atoms with Crippen LogP contribution < -0.4 is 0 Å². The van der Waals surface area contributed by atoms with Crippen molar-refractivity contribution in [1.29, 1.82) is 5.26 Å². The van der Waals surface area contributed by atoms with Gasteiger partial charge in [-0.1, -0.05) is 30.5 Å². The highest BCUT2D eigenvalue weighted by atomic mass is 35.5. The normalized spacial score (nSPS) is 21.5. The van der Waals surface area contributed by atoms with Crippen LogP contribution in [0.25, 0.3) is 0 Å². The molecule has 0 aliphatic carbocycles. The highest BCUT2D eigenvalue weighted by molar-refractivity contribution is 6.31. The van der Waals surface area contributed by atoms with Crippen LogP contribution >= 0.6 is 11.6 Å². The molecule has 1 saturated heterocycles. The number of rotatable bonds is 4. The molecule has 0 saturated carbocycles. The van der Waals surface area contributed by atoms with Crippen molar-refractivity contribution in [2.45, 2.75) is 57.7 Å². The van der Waals surface area contributed by atoms with Crippen LogP contribution in [0.1, 0.15) is 50.2 Å². The highest BCUT2D eigenvalue weighted by Crippen LogP contribution is 2.25. The summed E-state index contributed by atoms with van der Waals surface area (Å²) < 4.78 is 0. The van der Waals surface area contributed by atoms with E-state index >= 15 is 0 Å². The molecule has 2 rings (SSSR count). The Labute approximate surface area is 132 Å². The van der Waals surface area contributed by atoms with E-state index in [4.69, 9.17) is 16.9 Å². The van der Waals surface area contributed by atoms with Crippen LogP contribution in [0.3, 0.4) is 0 Å². The second-order valence-corrected chi connectivity index (χ2v) is 6.38. The molecule has 4 heteroatoms. The maximum Gasteiger partial charge on any atom is 0.0992 e. The molecule has 1 N–H and O–H groups in total. The van der Waals surface area contributed by atoms with Gasteiger partial charge in [0.2, 0.25) is 0 Å². The zero-order valence-corrected chi connectivity index (χ0v) is 13.3. The van der Waals surface area contributed by atoms with Crippen LogP contribution in [0.4, 0.5) is 0 Å². The second kappa shape index (κ2) is 7.79. The van der Waals surface area contributed by atoms with Gasteiger partial charge in [-0.3, -0.25) is 4.90 Å². The van der Waals surface area contributed by atoms with Crippen molar-refractivity contribution in [3.05, 3.63) is 34.3 Å². The maximum absolute atomic E-state index is 9.71. The van der Waals surface area contributed by atoms with E-state index in [1.807, 2.05) is 19.1 Å². The molecule has 1 heterocycles. The van der Waals surface area contributed by atoms with Crippen LogP contribution in [0.2, 0.25) is 5.02 Å². The fourth-order valence-corrected chi connectivity index (χ4v) is 3.31. The van der Waals surface area contributed by atoms with Crippen molar-refractivity contribution in [1.82, 2.24) is 4.90 Å². The Balaban J connectivity index is 2.12. The van der Waals surface area contributed by atoms with Crippen molar-refractivity contribution < 1.29 is 5.11 Å². The molecule has 114 valence electrons. The number of likely N-dealkylation sites (tertiary alicyclic amines) is 1. The van der Waals surface area contributed by atoms with Gasteiger partial charge in [-0.2, -0.15) is 5.26 Å². The van der Waals surface area contributed by atoms with Crippen LogP contribution in [-0.2, 0) is 6.54 Å². The fourth-order valence-electron chi connectivity index (χ4n) is 3.07. The second-order valence-electron chi connectivity index (χ2n) is 5.98. The summed E-state index contributed by atoms with van der Waals surface area (Å²) in [6.45, 7) is 3.70. The minimum absolute atomic E-state index is 0.271. The number of aliphatic hydroxyl groups excluding tert-OH is 1. The number of hydrogen-bond donors (Lipinski definition) is 1. The van der Waals surface area contributed by atoms with Crippen molar-refractivity contribution in [2.75, 3.05) is 6.54 Å². The van der Waals surface area contributed by atoms with Crippen LogP contribution in [-0.4, -0.2) is 28.7 Å². The molecule has 1 fully saturated rings. The van der Waals surface area contributed by atoms with Gasteiger partial charge in [-0.05, 0) is 50.4 Å². The van der Waals surface area contributed by atoms with E-state index in [0.29, 0.717) is 16.6 Å². The number of hydrogen-bond acceptors (Lipinski definition) is 3. The minimum atomic E-state index is -0.271. The Morgan fingerprint density at radius 1 is 1.43 bits per heavy atom. The number of nitrogens with zero attached hydrogens (tertiary/aromatic N) is 2. The summed E-state index contributed by atoms with van der Waals surface area (Å²) in [5, 5.41) is 19.3. The average Bonchev–Trinajstić information content (AvgIpc) is 2.66. The molecule has 1 aromatic carbocycles. The maximum atomic E-state index is 9.71. The SMILES string of the molecule is CC(O)CC1CCCCCN1Cc1ccc(C#N)cc1Cl. The third-order valence-corrected chi connectivity index (χ3v) is 4.52. The molecule has 0 radical (unpaired) electrons. The van der Waals surface area contributed by atoms with Crippen molar-refractivity contribution >= 4 is 11.6 Å². The largest absolute Gasteiger partial charge is 0.393 e. The summed E-state index contributed by atoms with van der Waals surface area (Å²) in [4.78, 5) is 2.44. The first-order valence-electron chi connectivity index (χ1n) is 7.71. The van der Waals surface area contributed by atoms with Gasteiger partial charge in [-0.15, -0.1) is 0 Å². The molecular formula is C17H23ClN2O. The highest BCUT2D eigenvalue weighted by Gasteiger charge is 2.23. The van der Waals surface area contributed by atoms with Gasteiger partial charge >= 0.3 is 0 Å². The fraction of sp³-hybridized carbons (Fsp3) is 0.588. The van der Waals surface area contributed by atoms with Crippen LogP contribution in [0.15, 0.2) is 18.2 Å². The molecule has 1 aromatic rings. The average molecular weight is 307 g/mol. The Kier molecular flexibility index (Phi) is 6.05. The molecule has 0 bridgehead atoms. The van der Waals surface area contributed by atoms with Gasteiger partial charge in [0.1, 0.15) is 0 Å². The van der Waals surface area contributed by atoms with Gasteiger partial charge in [0, 0.05) is 17.6 Å². The number of nitriles is 1. The summed E-state index contributed by atoms with van der Waals surface area (Å²) in [5.41, 5.74) is 1.66. The monoisotopic (exact) mass is 306 g/mol. The van der Waals surface area contributed by atoms with E-state index in [0.717, 1.165) is 31.5 Å². The van der Waals surface area contributed by atoms with Gasteiger partial charge in [0.05, 0.1) is 17.7 Å². The Morgan fingerprint density at radius 3 is 2.90 bits per heavy atom. The van der Waals surface area contributed by atoms with Gasteiger partial charge in [-0.25, -0.2) is 0 Å². The van der Waals surface area contributed by atoms with E-state index < -0.39 is 0 Å². The van der Waals surface area contributed by atoms with E-state index in [1.165, 1.54) is 19.3 Å². The first kappa shape index (κ1) is 16.3. The molecule has 2 unspecified atom stereocenters. The third-order valence-electron chi connectivity index (χ3n) is 4.17. The topological polar surface area (TPSA) is 47.3 Å². The predicted molar refractivity (Wildman–Crippen MR) is 85.1 cm³/mol. The lowest BCUT2D eigenvalue weighted by Gasteiger charge is -2.31. The van der Waals surface area contributed by atoms with Crippen molar-refractivity contribution in [3.63, 3.8) is 0 Å². The van der Waals surface area contributed by atoms with E-state index in [9.17, 15) is 5.11 Å². The molecule has 1 aliphatic rings. The van der Waals surface area contributed by atoms with Gasteiger partial charge < -0.3 is 5.11 Å². The molecular weight excluding hydrogens is 284 g/mol. The zero-order chi connectivity index (χ0) is 15.2. The van der Waals surface area contributed by atoms with Crippen LogP contribution in [0.5, 0.6) is 0 Å². The standard InChI is InChI=1S/C17H23ClN2O/c1-13(21)9-16-5-3-2-4-8-20(16)12-15-7-6-14(11-19)10-17(15)18/h6-7,10,13,16,21H,2-5,8-9,12H2,1H3. The lowest BCUT2D eigenvalue weighted by Crippen LogP contribution is -2.36. The zero-order valence-electron chi connectivity index (χ0n) is 12.6. The molecule has 0 spiro atoms. The van der Waals surface area contributed by atoms with Gasteiger partial charge in [0.15, 0.2) is 0 Å². The number of aliphatic hydroxyl groups is 1. The number of halogens is 1. The molecule has 0 aromatic heterocycles.